The first-order valence-corrected chi connectivity index (χ1v) is 8.14. The van der Waals surface area contributed by atoms with Crippen LogP contribution in [0, 0.1) is 0 Å². The first-order chi connectivity index (χ1) is 8.67. The van der Waals surface area contributed by atoms with Gasteiger partial charge in [-0.25, -0.2) is 0 Å². The molecule has 3 heteroatoms. The highest BCUT2D eigenvalue weighted by atomic mass is 32.2. The summed E-state index contributed by atoms with van der Waals surface area (Å²) in [6.45, 7) is 8.07. The van der Waals surface area contributed by atoms with Crippen molar-refractivity contribution in [2.24, 2.45) is 0 Å². The molecule has 0 aliphatic carbocycles. The number of hydrogen-bond donors (Lipinski definition) is 0. The van der Waals surface area contributed by atoms with E-state index in [2.05, 4.69) is 30.6 Å². The Balaban J connectivity index is 4.77. The van der Waals surface area contributed by atoms with Crippen LogP contribution in [0.25, 0.3) is 0 Å². The second kappa shape index (κ2) is 10.5. The fourth-order valence-corrected chi connectivity index (χ4v) is 3.13. The summed E-state index contributed by atoms with van der Waals surface area (Å²) in [4.78, 5) is -0.379. The molecule has 0 aliphatic rings. The topological polar surface area (TPSA) is 9.23 Å². The van der Waals surface area contributed by atoms with E-state index < -0.39 is 0 Å². The molecule has 0 aliphatic heterocycles. The van der Waals surface area contributed by atoms with E-state index in [4.69, 9.17) is 4.18 Å². The fourth-order valence-electron chi connectivity index (χ4n) is 1.38. The van der Waals surface area contributed by atoms with Crippen LogP contribution in [0.2, 0.25) is 0 Å². The molecule has 0 aromatic heterocycles. The molecule has 0 heterocycles. The summed E-state index contributed by atoms with van der Waals surface area (Å²) in [7, 11) is 0. The van der Waals surface area contributed by atoms with Gasteiger partial charge in [0.25, 0.3) is 0 Å². The molecule has 0 fully saturated rings. The highest BCUT2D eigenvalue weighted by Gasteiger charge is 2.24. The average Bonchev–Trinajstić information content (AvgIpc) is 2.37. The fraction of sp³-hybridized carbons (Fsp3) is 0.467. The molecule has 0 amide bonds. The maximum atomic E-state index is 6.03. The smallest absolute Gasteiger partial charge is 0.164 e. The molecule has 0 unspecified atom stereocenters. The lowest BCUT2D eigenvalue weighted by molar-refractivity contribution is 0.315. The minimum absolute atomic E-state index is 0.252. The molecular formula is C15H24OS2. The van der Waals surface area contributed by atoms with Crippen molar-refractivity contribution in [3.05, 3.63) is 48.6 Å². The SMILES string of the molecule is CC=CC(C=CC)SOC(C=CC)(C=CC)SC. The molecule has 0 N–H and O–H groups in total. The minimum Gasteiger partial charge on any atom is -0.289 e. The number of thioether (sulfide) groups is 1. The number of hydrogen-bond acceptors (Lipinski definition) is 3. The van der Waals surface area contributed by atoms with E-state index in [1.165, 1.54) is 12.0 Å². The maximum absolute atomic E-state index is 6.03. The van der Waals surface area contributed by atoms with Crippen molar-refractivity contribution in [2.45, 2.75) is 37.9 Å². The molecule has 1 nitrogen and oxygen atoms in total. The van der Waals surface area contributed by atoms with E-state index in [1.54, 1.807) is 11.8 Å². The largest absolute Gasteiger partial charge is 0.289 e. The van der Waals surface area contributed by atoms with Crippen LogP contribution in [-0.4, -0.2) is 16.4 Å². The normalized spacial score (nSPS) is 18.3. The van der Waals surface area contributed by atoms with Gasteiger partial charge in [-0.05, 0) is 46.1 Å². The van der Waals surface area contributed by atoms with Crippen molar-refractivity contribution in [3.63, 3.8) is 0 Å². The summed E-state index contributed by atoms with van der Waals surface area (Å²) >= 11 is 3.17. The van der Waals surface area contributed by atoms with Crippen molar-refractivity contribution in [2.75, 3.05) is 6.26 Å². The van der Waals surface area contributed by atoms with Crippen LogP contribution in [0.1, 0.15) is 27.7 Å². The Hall–Kier alpha value is -0.380. The van der Waals surface area contributed by atoms with Crippen molar-refractivity contribution in [1.29, 1.82) is 0 Å². The summed E-state index contributed by atoms with van der Waals surface area (Å²) < 4.78 is 6.03. The molecule has 0 bridgehead atoms. The Morgan fingerprint density at radius 1 is 0.889 bits per heavy atom. The third-order valence-electron chi connectivity index (χ3n) is 2.17. The maximum Gasteiger partial charge on any atom is 0.164 e. The molecule has 0 saturated heterocycles. The standard InChI is InChI=1S/C15H24OS2/c1-6-10-14(11-7-2)18-16-15(17-5,12-8-3)13-9-4/h6-14H,1-5H3. The third-order valence-corrected chi connectivity index (χ3v) is 4.18. The molecule has 0 atom stereocenters. The van der Waals surface area contributed by atoms with E-state index in [0.29, 0.717) is 0 Å². The van der Waals surface area contributed by atoms with E-state index in [9.17, 15) is 0 Å². The minimum atomic E-state index is -0.379. The summed E-state index contributed by atoms with van der Waals surface area (Å²) in [5, 5.41) is 0.252. The van der Waals surface area contributed by atoms with Gasteiger partial charge in [0.05, 0.1) is 5.25 Å². The van der Waals surface area contributed by atoms with Crippen molar-refractivity contribution >= 4 is 23.8 Å². The van der Waals surface area contributed by atoms with Crippen molar-refractivity contribution < 1.29 is 4.18 Å². The molecular weight excluding hydrogens is 260 g/mol. The molecule has 102 valence electrons. The van der Waals surface area contributed by atoms with Crippen LogP contribution in [0.4, 0.5) is 0 Å². The Labute approximate surface area is 121 Å². The van der Waals surface area contributed by atoms with Crippen LogP contribution in [-0.2, 0) is 4.18 Å². The lowest BCUT2D eigenvalue weighted by Crippen LogP contribution is -2.20. The summed E-state index contributed by atoms with van der Waals surface area (Å²) in [6, 6.07) is 0. The van der Waals surface area contributed by atoms with E-state index in [0.717, 1.165) is 0 Å². The highest BCUT2D eigenvalue weighted by molar-refractivity contribution is 8.01. The molecule has 0 aromatic rings. The van der Waals surface area contributed by atoms with Crippen molar-refractivity contribution in [1.82, 2.24) is 0 Å². The molecule has 0 aromatic carbocycles. The first kappa shape index (κ1) is 17.6. The van der Waals surface area contributed by atoms with Crippen LogP contribution in [0.3, 0.4) is 0 Å². The second-order valence-electron chi connectivity index (χ2n) is 3.62. The van der Waals surface area contributed by atoms with Gasteiger partial charge in [-0.1, -0.05) is 36.5 Å². The predicted octanol–water partition coefficient (Wildman–Crippen LogP) is 5.38. The van der Waals surface area contributed by atoms with E-state index in [-0.39, 0.29) is 10.2 Å². The van der Waals surface area contributed by atoms with Crippen LogP contribution >= 0.6 is 23.8 Å². The predicted molar refractivity (Wildman–Crippen MR) is 88.0 cm³/mol. The lowest BCUT2D eigenvalue weighted by Gasteiger charge is -2.25. The van der Waals surface area contributed by atoms with Gasteiger partial charge in [-0.15, -0.1) is 11.8 Å². The Morgan fingerprint density at radius 2 is 1.39 bits per heavy atom. The zero-order valence-corrected chi connectivity index (χ0v) is 13.6. The number of rotatable bonds is 8. The van der Waals surface area contributed by atoms with Gasteiger partial charge in [0, 0.05) is 12.0 Å². The lowest BCUT2D eigenvalue weighted by atomic mass is 10.3. The average molecular weight is 284 g/mol. The number of allylic oxidation sites excluding steroid dienone is 4. The Kier molecular flexibility index (Phi) is 10.3. The molecule has 0 rings (SSSR count). The molecule has 0 spiro atoms. The summed E-state index contributed by atoms with van der Waals surface area (Å²) in [5.74, 6) is 0. The van der Waals surface area contributed by atoms with Gasteiger partial charge >= 0.3 is 0 Å². The second-order valence-corrected chi connectivity index (χ2v) is 5.57. The zero-order chi connectivity index (χ0) is 13.9. The zero-order valence-electron chi connectivity index (χ0n) is 11.9. The molecule has 0 radical (unpaired) electrons. The quantitative estimate of drug-likeness (QED) is 0.336. The van der Waals surface area contributed by atoms with Gasteiger partial charge in [-0.2, -0.15) is 0 Å². The van der Waals surface area contributed by atoms with Gasteiger partial charge in [0.15, 0.2) is 4.93 Å². The molecule has 0 saturated carbocycles. The van der Waals surface area contributed by atoms with Gasteiger partial charge < -0.3 is 0 Å². The Morgan fingerprint density at radius 3 is 1.72 bits per heavy atom. The van der Waals surface area contributed by atoms with Gasteiger partial charge in [0.2, 0.25) is 0 Å². The van der Waals surface area contributed by atoms with Crippen molar-refractivity contribution in [3.8, 4) is 0 Å². The molecule has 18 heavy (non-hydrogen) atoms. The van der Waals surface area contributed by atoms with Crippen LogP contribution in [0.15, 0.2) is 48.6 Å². The Bertz CT molecular complexity index is 292. The third kappa shape index (κ3) is 6.53. The summed E-state index contributed by atoms with van der Waals surface area (Å²) in [6.07, 6.45) is 18.6. The van der Waals surface area contributed by atoms with Crippen LogP contribution in [0.5, 0.6) is 0 Å². The van der Waals surface area contributed by atoms with E-state index in [1.807, 2.05) is 52.0 Å². The monoisotopic (exact) mass is 284 g/mol. The van der Waals surface area contributed by atoms with Gasteiger partial charge in [0.1, 0.15) is 0 Å². The summed E-state index contributed by atoms with van der Waals surface area (Å²) in [5.41, 5.74) is 0. The highest BCUT2D eigenvalue weighted by Crippen LogP contribution is 2.34. The van der Waals surface area contributed by atoms with E-state index >= 15 is 0 Å². The first-order valence-electron chi connectivity index (χ1n) is 6.11. The van der Waals surface area contributed by atoms with Gasteiger partial charge in [-0.3, -0.25) is 4.18 Å². The van der Waals surface area contributed by atoms with Crippen LogP contribution < -0.4 is 0 Å².